The first-order valence-corrected chi connectivity index (χ1v) is 8.82. The minimum atomic E-state index is -0.691. The summed E-state index contributed by atoms with van der Waals surface area (Å²) in [5, 5.41) is 9.95. The summed E-state index contributed by atoms with van der Waals surface area (Å²) in [6, 6.07) is 16.0. The van der Waals surface area contributed by atoms with E-state index in [-0.39, 0.29) is 12.0 Å². The van der Waals surface area contributed by atoms with Crippen LogP contribution in [0.25, 0.3) is 0 Å². The first-order valence-electron chi connectivity index (χ1n) is 8.44. The van der Waals surface area contributed by atoms with E-state index in [0.29, 0.717) is 17.9 Å². The van der Waals surface area contributed by atoms with E-state index in [1.54, 1.807) is 7.11 Å². The number of rotatable bonds is 5. The highest BCUT2D eigenvalue weighted by molar-refractivity contribution is 6.30. The van der Waals surface area contributed by atoms with E-state index in [9.17, 15) is 9.90 Å². The van der Waals surface area contributed by atoms with Crippen LogP contribution in [0.15, 0.2) is 48.5 Å². The van der Waals surface area contributed by atoms with E-state index in [1.165, 1.54) is 0 Å². The van der Waals surface area contributed by atoms with E-state index < -0.39 is 5.97 Å². The number of benzene rings is 2. The van der Waals surface area contributed by atoms with Gasteiger partial charge in [0.25, 0.3) is 0 Å². The molecule has 0 amide bonds. The number of methoxy groups -OCH3 is 1. The highest BCUT2D eigenvalue weighted by atomic mass is 35.5. The molecule has 0 aliphatic carbocycles. The molecule has 0 radical (unpaired) electrons. The molecule has 0 aromatic heterocycles. The van der Waals surface area contributed by atoms with Crippen molar-refractivity contribution in [3.05, 3.63) is 64.7 Å². The molecule has 0 bridgehead atoms. The molecule has 1 N–H and O–H groups in total. The molecule has 1 heterocycles. The van der Waals surface area contributed by atoms with Gasteiger partial charge in [-0.25, -0.2) is 0 Å². The second-order valence-corrected chi connectivity index (χ2v) is 6.82. The maximum absolute atomic E-state index is 11.2. The largest absolute Gasteiger partial charge is 0.497 e. The highest BCUT2D eigenvalue weighted by Crippen LogP contribution is 2.34. The van der Waals surface area contributed by atoms with Crippen LogP contribution < -0.4 is 4.74 Å². The smallest absolute Gasteiger partial charge is 0.306 e. The number of ether oxygens (including phenoxy) is 1. The number of piperidine rings is 1. The van der Waals surface area contributed by atoms with E-state index in [4.69, 9.17) is 16.3 Å². The van der Waals surface area contributed by atoms with Gasteiger partial charge in [-0.3, -0.25) is 9.69 Å². The third kappa shape index (κ3) is 4.14. The Balaban J connectivity index is 1.92. The third-order valence-corrected chi connectivity index (χ3v) is 5.09. The van der Waals surface area contributed by atoms with Crippen molar-refractivity contribution in [2.75, 3.05) is 20.2 Å². The van der Waals surface area contributed by atoms with Crippen molar-refractivity contribution < 1.29 is 14.6 Å². The molecule has 0 saturated carbocycles. The van der Waals surface area contributed by atoms with Crippen LogP contribution >= 0.6 is 11.6 Å². The Morgan fingerprint density at radius 3 is 2.44 bits per heavy atom. The van der Waals surface area contributed by atoms with Crippen LogP contribution in [0.2, 0.25) is 5.02 Å². The van der Waals surface area contributed by atoms with Crippen molar-refractivity contribution in [1.82, 2.24) is 4.90 Å². The summed E-state index contributed by atoms with van der Waals surface area (Å²) in [6.45, 7) is 1.50. The summed E-state index contributed by atoms with van der Waals surface area (Å²) in [5.41, 5.74) is 2.28. The van der Waals surface area contributed by atoms with Crippen molar-refractivity contribution >= 4 is 17.6 Å². The fourth-order valence-electron chi connectivity index (χ4n) is 3.48. The zero-order valence-corrected chi connectivity index (χ0v) is 14.9. The van der Waals surface area contributed by atoms with Gasteiger partial charge in [0.1, 0.15) is 5.75 Å². The van der Waals surface area contributed by atoms with Crippen LogP contribution in [0.4, 0.5) is 0 Å². The molecule has 1 aliphatic rings. The Bertz CT molecular complexity index is 724. The minimum Gasteiger partial charge on any atom is -0.497 e. The molecular weight excluding hydrogens is 338 g/mol. The SMILES string of the molecule is COc1cccc(C(c2ccc(Cl)cc2)N2CCC(C(=O)O)CC2)c1. The number of carboxylic acids is 1. The molecule has 3 rings (SSSR count). The Hall–Kier alpha value is -2.04. The number of hydrogen-bond donors (Lipinski definition) is 1. The van der Waals surface area contributed by atoms with Crippen molar-refractivity contribution in [3.63, 3.8) is 0 Å². The number of carboxylic acid groups (broad SMARTS) is 1. The van der Waals surface area contributed by atoms with Crippen LogP contribution in [-0.4, -0.2) is 36.2 Å². The standard InChI is InChI=1S/C20H22ClNO3/c1-25-18-4-2-3-16(13-18)19(14-5-7-17(21)8-6-14)22-11-9-15(10-12-22)20(23)24/h2-8,13,15,19H,9-12H2,1H3,(H,23,24). The highest BCUT2D eigenvalue weighted by Gasteiger charge is 2.30. The van der Waals surface area contributed by atoms with Crippen LogP contribution in [0.3, 0.4) is 0 Å². The zero-order valence-electron chi connectivity index (χ0n) is 14.2. The van der Waals surface area contributed by atoms with E-state index in [2.05, 4.69) is 11.0 Å². The monoisotopic (exact) mass is 359 g/mol. The van der Waals surface area contributed by atoms with Gasteiger partial charge in [0.05, 0.1) is 19.1 Å². The van der Waals surface area contributed by atoms with Gasteiger partial charge in [-0.2, -0.15) is 0 Å². The van der Waals surface area contributed by atoms with Crippen molar-refractivity contribution in [1.29, 1.82) is 0 Å². The van der Waals surface area contributed by atoms with Crippen LogP contribution in [0.1, 0.15) is 30.0 Å². The second kappa shape index (κ2) is 7.89. The van der Waals surface area contributed by atoms with Crippen molar-refractivity contribution in [2.24, 2.45) is 5.92 Å². The maximum Gasteiger partial charge on any atom is 0.306 e. The second-order valence-electron chi connectivity index (χ2n) is 6.38. The molecule has 5 heteroatoms. The predicted octanol–water partition coefficient (Wildman–Crippen LogP) is 4.23. The number of aliphatic carboxylic acids is 1. The number of halogens is 1. The summed E-state index contributed by atoms with van der Waals surface area (Å²) in [6.07, 6.45) is 1.34. The molecule has 1 fully saturated rings. The number of nitrogens with zero attached hydrogens (tertiary/aromatic N) is 1. The molecule has 2 aromatic rings. The van der Waals surface area contributed by atoms with Crippen LogP contribution in [0.5, 0.6) is 5.75 Å². The molecule has 0 spiro atoms. The fraction of sp³-hybridized carbons (Fsp3) is 0.350. The summed E-state index contributed by atoms with van der Waals surface area (Å²) >= 11 is 6.05. The molecule has 2 aromatic carbocycles. The zero-order chi connectivity index (χ0) is 17.8. The topological polar surface area (TPSA) is 49.8 Å². The summed E-state index contributed by atoms with van der Waals surface area (Å²) < 4.78 is 5.38. The number of likely N-dealkylation sites (tertiary alicyclic amines) is 1. The van der Waals surface area contributed by atoms with Gasteiger partial charge in [0.2, 0.25) is 0 Å². The van der Waals surface area contributed by atoms with E-state index in [1.807, 2.05) is 42.5 Å². The first-order chi connectivity index (χ1) is 12.1. The molecule has 4 nitrogen and oxygen atoms in total. The van der Waals surface area contributed by atoms with Gasteiger partial charge < -0.3 is 9.84 Å². The van der Waals surface area contributed by atoms with Crippen LogP contribution in [0, 0.1) is 5.92 Å². The third-order valence-electron chi connectivity index (χ3n) is 4.84. The number of carbonyl (C=O) groups is 1. The average Bonchev–Trinajstić information content (AvgIpc) is 2.64. The Kier molecular flexibility index (Phi) is 5.61. The molecule has 1 aliphatic heterocycles. The lowest BCUT2D eigenvalue weighted by Crippen LogP contribution is -2.39. The Morgan fingerprint density at radius 2 is 1.84 bits per heavy atom. The van der Waals surface area contributed by atoms with E-state index in [0.717, 1.165) is 30.0 Å². The minimum absolute atomic E-state index is 0.0575. The van der Waals surface area contributed by atoms with Gasteiger partial charge in [-0.05, 0) is 61.3 Å². The first kappa shape index (κ1) is 17.8. The molecule has 132 valence electrons. The summed E-state index contributed by atoms with van der Waals surface area (Å²) in [4.78, 5) is 13.6. The quantitative estimate of drug-likeness (QED) is 0.867. The molecular formula is C20H22ClNO3. The lowest BCUT2D eigenvalue weighted by molar-refractivity contribution is -0.143. The van der Waals surface area contributed by atoms with Gasteiger partial charge in [0, 0.05) is 5.02 Å². The van der Waals surface area contributed by atoms with Crippen LogP contribution in [-0.2, 0) is 4.79 Å². The van der Waals surface area contributed by atoms with Crippen molar-refractivity contribution in [3.8, 4) is 5.75 Å². The van der Waals surface area contributed by atoms with Gasteiger partial charge in [-0.15, -0.1) is 0 Å². The average molecular weight is 360 g/mol. The maximum atomic E-state index is 11.2. The van der Waals surface area contributed by atoms with Gasteiger partial charge >= 0.3 is 5.97 Å². The Morgan fingerprint density at radius 1 is 1.16 bits per heavy atom. The lowest BCUT2D eigenvalue weighted by atomic mass is 9.91. The summed E-state index contributed by atoms with van der Waals surface area (Å²) in [5.74, 6) is -0.117. The summed E-state index contributed by atoms with van der Waals surface area (Å²) in [7, 11) is 1.66. The van der Waals surface area contributed by atoms with E-state index >= 15 is 0 Å². The molecule has 25 heavy (non-hydrogen) atoms. The molecule has 1 saturated heterocycles. The molecule has 1 atom stereocenters. The lowest BCUT2D eigenvalue weighted by Gasteiger charge is -2.37. The predicted molar refractivity (Wildman–Crippen MR) is 98.2 cm³/mol. The Labute approximate surface area is 153 Å². The molecule has 1 unspecified atom stereocenters. The fourth-order valence-corrected chi connectivity index (χ4v) is 3.60. The number of hydrogen-bond acceptors (Lipinski definition) is 3. The van der Waals surface area contributed by atoms with Crippen molar-refractivity contribution in [2.45, 2.75) is 18.9 Å². The van der Waals surface area contributed by atoms with Gasteiger partial charge in [-0.1, -0.05) is 35.9 Å². The van der Waals surface area contributed by atoms with Gasteiger partial charge in [0.15, 0.2) is 0 Å². The normalized spacial score (nSPS) is 17.2.